The SMILES string of the molecule is CC(C)(C)OC(=O)CN=C1c2ccccc2-c2ccccc21.CN1C(=N[C@H](CO)Cc2ccccc2)C[C@@H](c2ccccc2)[C@@H]1c1ccccc1. The molecule has 1 aliphatic carbocycles. The minimum Gasteiger partial charge on any atom is -0.459 e. The third kappa shape index (κ3) is 8.70. The Morgan fingerprint density at radius 3 is 1.76 bits per heavy atom. The van der Waals surface area contributed by atoms with Crippen molar-refractivity contribution in [2.45, 2.75) is 57.2 Å². The third-order valence-corrected chi connectivity index (χ3v) is 9.27. The highest BCUT2D eigenvalue weighted by atomic mass is 16.6. The van der Waals surface area contributed by atoms with Gasteiger partial charge in [-0.25, -0.2) is 0 Å². The smallest absolute Gasteiger partial charge is 0.328 e. The van der Waals surface area contributed by atoms with Crippen LogP contribution in [0.15, 0.2) is 150 Å². The number of aliphatic imine (C=N–C) groups is 2. The summed E-state index contributed by atoms with van der Waals surface area (Å²) in [6.07, 6.45) is 1.63. The zero-order valence-corrected chi connectivity index (χ0v) is 29.9. The number of likely N-dealkylation sites (N-methyl/N-ethyl adjacent to an activating group) is 1. The van der Waals surface area contributed by atoms with Crippen molar-refractivity contribution in [1.82, 2.24) is 4.90 Å². The van der Waals surface area contributed by atoms with Crippen molar-refractivity contribution in [3.63, 3.8) is 0 Å². The first-order chi connectivity index (χ1) is 24.7. The maximum atomic E-state index is 11.9. The molecule has 0 bridgehead atoms. The minimum atomic E-state index is -0.483. The molecule has 1 fully saturated rings. The zero-order valence-electron chi connectivity index (χ0n) is 29.9. The van der Waals surface area contributed by atoms with Crippen LogP contribution >= 0.6 is 0 Å². The van der Waals surface area contributed by atoms with Gasteiger partial charge in [0.25, 0.3) is 0 Å². The number of rotatable bonds is 8. The molecule has 0 spiro atoms. The summed E-state index contributed by atoms with van der Waals surface area (Å²) in [7, 11) is 2.14. The van der Waals surface area contributed by atoms with Crippen LogP contribution in [-0.2, 0) is 16.0 Å². The van der Waals surface area contributed by atoms with Crippen LogP contribution in [0.2, 0.25) is 0 Å². The molecule has 0 amide bonds. The summed E-state index contributed by atoms with van der Waals surface area (Å²) >= 11 is 0. The molecule has 260 valence electrons. The van der Waals surface area contributed by atoms with Crippen molar-refractivity contribution >= 4 is 17.5 Å². The van der Waals surface area contributed by atoms with Crippen molar-refractivity contribution in [2.75, 3.05) is 20.2 Å². The topological polar surface area (TPSA) is 74.5 Å². The second-order valence-electron chi connectivity index (χ2n) is 14.1. The summed E-state index contributed by atoms with van der Waals surface area (Å²) in [4.78, 5) is 23.8. The van der Waals surface area contributed by atoms with Crippen molar-refractivity contribution in [1.29, 1.82) is 0 Å². The van der Waals surface area contributed by atoms with Crippen LogP contribution < -0.4 is 0 Å². The minimum absolute atomic E-state index is 0.0370. The number of likely N-dealkylation sites (tertiary alicyclic amines) is 1. The van der Waals surface area contributed by atoms with Gasteiger partial charge in [-0.2, -0.15) is 0 Å². The van der Waals surface area contributed by atoms with E-state index in [0.717, 1.165) is 35.5 Å². The Bertz CT molecular complexity index is 1920. The van der Waals surface area contributed by atoms with E-state index in [1.165, 1.54) is 27.8 Å². The lowest BCUT2D eigenvalue weighted by molar-refractivity contribution is -0.152. The Morgan fingerprint density at radius 2 is 1.24 bits per heavy atom. The number of nitrogens with zero attached hydrogens (tertiary/aromatic N) is 3. The molecule has 2 aliphatic rings. The van der Waals surface area contributed by atoms with E-state index in [9.17, 15) is 9.90 Å². The summed E-state index contributed by atoms with van der Waals surface area (Å²) < 4.78 is 5.33. The second-order valence-corrected chi connectivity index (χ2v) is 14.1. The molecule has 7 rings (SSSR count). The normalized spacial score (nSPS) is 17.6. The van der Waals surface area contributed by atoms with E-state index in [2.05, 4.69) is 102 Å². The molecule has 6 nitrogen and oxygen atoms in total. The van der Waals surface area contributed by atoms with Crippen molar-refractivity contribution in [2.24, 2.45) is 9.98 Å². The first kappa shape index (κ1) is 35.5. The Hall–Kier alpha value is -5.33. The first-order valence-corrected chi connectivity index (χ1v) is 17.7. The number of hydrogen-bond donors (Lipinski definition) is 1. The van der Waals surface area contributed by atoms with Gasteiger partial charge in [0.2, 0.25) is 0 Å². The standard InChI is InChI=1S/C26H28N2O.C19H19NO2/c1-28-25(27-23(19-29)17-20-11-5-2-6-12-20)18-24(21-13-7-3-8-14-21)26(28)22-15-9-4-10-16-22;1-19(2,3)22-17(21)12-20-18-15-10-6-4-8-13(15)14-9-5-7-11-16(14)18/h2-16,23-24,26,29H,17-19H2,1H3;4-11H,12H2,1-3H3/t23-,24-,26-;/m0./s1. The fraction of sp³-hybridized carbons (Fsp3) is 0.267. The molecule has 1 N–H and O–H groups in total. The average Bonchev–Trinajstić information content (AvgIpc) is 3.65. The Morgan fingerprint density at radius 1 is 0.745 bits per heavy atom. The fourth-order valence-corrected chi connectivity index (χ4v) is 7.06. The highest BCUT2D eigenvalue weighted by molar-refractivity contribution is 6.24. The van der Waals surface area contributed by atoms with Gasteiger partial charge in [0.05, 0.1) is 24.4 Å². The van der Waals surface area contributed by atoms with Crippen LogP contribution in [0.5, 0.6) is 0 Å². The lowest BCUT2D eigenvalue weighted by Crippen LogP contribution is -2.27. The molecule has 3 atom stereocenters. The molecule has 1 heterocycles. The monoisotopic (exact) mass is 677 g/mol. The summed E-state index contributed by atoms with van der Waals surface area (Å²) in [5.74, 6) is 1.11. The Labute approximate surface area is 302 Å². The molecule has 0 radical (unpaired) electrons. The van der Waals surface area contributed by atoms with Crippen molar-refractivity contribution < 1.29 is 14.6 Å². The summed E-state index contributed by atoms with van der Waals surface area (Å²) in [6.45, 7) is 5.67. The van der Waals surface area contributed by atoms with E-state index in [1.807, 2.05) is 75.4 Å². The Kier molecular flexibility index (Phi) is 11.2. The predicted octanol–water partition coefficient (Wildman–Crippen LogP) is 8.70. The highest BCUT2D eigenvalue weighted by Crippen LogP contribution is 2.44. The van der Waals surface area contributed by atoms with Crippen molar-refractivity contribution in [3.8, 4) is 11.1 Å². The van der Waals surface area contributed by atoms with Crippen LogP contribution in [0.4, 0.5) is 0 Å². The van der Waals surface area contributed by atoms with Gasteiger partial charge in [0.1, 0.15) is 18.0 Å². The van der Waals surface area contributed by atoms with Gasteiger partial charge in [-0.05, 0) is 55.0 Å². The van der Waals surface area contributed by atoms with Gasteiger partial charge >= 0.3 is 5.97 Å². The number of carbonyl (C=O) groups excluding carboxylic acids is 1. The van der Waals surface area contributed by atoms with Gasteiger partial charge in [0, 0.05) is 30.5 Å². The van der Waals surface area contributed by atoms with E-state index in [1.54, 1.807) is 0 Å². The molecule has 1 saturated heterocycles. The van der Waals surface area contributed by atoms with Crippen LogP contribution in [0.3, 0.4) is 0 Å². The number of hydrogen-bond acceptors (Lipinski definition) is 5. The highest BCUT2D eigenvalue weighted by Gasteiger charge is 2.38. The van der Waals surface area contributed by atoms with Crippen LogP contribution in [0.1, 0.15) is 67.0 Å². The van der Waals surface area contributed by atoms with E-state index in [4.69, 9.17) is 9.73 Å². The van der Waals surface area contributed by atoms with Crippen LogP contribution in [0.25, 0.3) is 11.1 Å². The molecule has 1 aliphatic heterocycles. The summed E-state index contributed by atoms with van der Waals surface area (Å²) in [6, 6.07) is 48.1. The second kappa shape index (κ2) is 16.1. The zero-order chi connectivity index (χ0) is 35.8. The number of aliphatic hydroxyl groups is 1. The van der Waals surface area contributed by atoms with E-state index < -0.39 is 5.60 Å². The predicted molar refractivity (Wildman–Crippen MR) is 207 cm³/mol. The van der Waals surface area contributed by atoms with Gasteiger partial charge in [-0.3, -0.25) is 14.8 Å². The fourth-order valence-electron chi connectivity index (χ4n) is 7.06. The number of aliphatic hydroxyl groups excluding tert-OH is 1. The maximum absolute atomic E-state index is 11.9. The number of carbonyl (C=O) groups is 1. The van der Waals surface area contributed by atoms with Crippen LogP contribution in [0, 0.1) is 0 Å². The average molecular weight is 678 g/mol. The summed E-state index contributed by atoms with van der Waals surface area (Å²) in [5.41, 5.74) is 8.72. The molecular weight excluding hydrogens is 631 g/mol. The number of fused-ring (bicyclic) bond motifs is 3. The molecule has 0 saturated carbocycles. The number of benzene rings is 5. The number of amidine groups is 1. The van der Waals surface area contributed by atoms with E-state index in [0.29, 0.717) is 5.92 Å². The van der Waals surface area contributed by atoms with Crippen molar-refractivity contribution in [3.05, 3.63) is 167 Å². The first-order valence-electron chi connectivity index (χ1n) is 17.7. The quantitative estimate of drug-likeness (QED) is 0.164. The summed E-state index contributed by atoms with van der Waals surface area (Å²) in [5, 5.41) is 9.97. The van der Waals surface area contributed by atoms with Gasteiger partial charge < -0.3 is 14.7 Å². The lowest BCUT2D eigenvalue weighted by Gasteiger charge is -2.27. The van der Waals surface area contributed by atoms with Gasteiger partial charge in [-0.15, -0.1) is 0 Å². The molecule has 51 heavy (non-hydrogen) atoms. The molecule has 5 aromatic carbocycles. The third-order valence-electron chi connectivity index (χ3n) is 9.27. The van der Waals surface area contributed by atoms with Gasteiger partial charge in [0.15, 0.2) is 0 Å². The number of esters is 1. The Balaban J connectivity index is 0.000000183. The van der Waals surface area contributed by atoms with E-state index in [-0.39, 0.29) is 31.2 Å². The molecule has 5 aromatic rings. The molecule has 6 heteroatoms. The lowest BCUT2D eigenvalue weighted by atomic mass is 9.87. The molecular formula is C45H47N3O3. The van der Waals surface area contributed by atoms with Crippen LogP contribution in [-0.4, -0.2) is 59.4 Å². The molecule has 0 aromatic heterocycles. The van der Waals surface area contributed by atoms with Gasteiger partial charge in [-0.1, -0.05) is 140 Å². The van der Waals surface area contributed by atoms with E-state index >= 15 is 0 Å². The molecule has 0 unspecified atom stereocenters. The maximum Gasteiger partial charge on any atom is 0.328 e. The largest absolute Gasteiger partial charge is 0.459 e. The number of ether oxygens (including phenoxy) is 1.